The molecule has 0 N–H and O–H groups in total. The molecule has 1 amide bonds. The van der Waals surface area contributed by atoms with Gasteiger partial charge in [-0.15, -0.1) is 0 Å². The fraction of sp³-hybridized carbons (Fsp3) is 0.588. The molecule has 22 heavy (non-hydrogen) atoms. The summed E-state index contributed by atoms with van der Waals surface area (Å²) in [6.45, 7) is 5.75. The number of hydrogen-bond donors (Lipinski definition) is 0. The second kappa shape index (κ2) is 6.13. The summed E-state index contributed by atoms with van der Waals surface area (Å²) in [7, 11) is -0.856. The maximum absolute atomic E-state index is 12.6. The van der Waals surface area contributed by atoms with Gasteiger partial charge in [-0.05, 0) is 31.4 Å². The maximum Gasteiger partial charge on any atom is 0.225 e. The molecule has 0 aromatic heterocycles. The molecule has 3 rings (SSSR count). The van der Waals surface area contributed by atoms with E-state index in [0.717, 1.165) is 12.0 Å². The van der Waals surface area contributed by atoms with E-state index < -0.39 is 10.8 Å². The van der Waals surface area contributed by atoms with Crippen molar-refractivity contribution in [3.63, 3.8) is 0 Å². The lowest BCUT2D eigenvalue weighted by Gasteiger charge is -2.38. The van der Waals surface area contributed by atoms with Gasteiger partial charge in [0.1, 0.15) is 0 Å². The van der Waals surface area contributed by atoms with Gasteiger partial charge in [0, 0.05) is 29.6 Å². The Morgan fingerprint density at radius 1 is 1.41 bits per heavy atom. The smallest absolute Gasteiger partial charge is 0.225 e. The van der Waals surface area contributed by atoms with Crippen molar-refractivity contribution >= 4 is 16.7 Å². The molecule has 0 unspecified atom stereocenters. The first-order valence-electron chi connectivity index (χ1n) is 7.83. The van der Waals surface area contributed by atoms with Crippen molar-refractivity contribution < 1.29 is 13.7 Å². The van der Waals surface area contributed by atoms with Crippen molar-refractivity contribution in [3.8, 4) is 0 Å². The van der Waals surface area contributed by atoms with Crippen LogP contribution in [0.5, 0.6) is 0 Å². The zero-order valence-corrected chi connectivity index (χ0v) is 14.0. The van der Waals surface area contributed by atoms with Crippen LogP contribution in [-0.4, -0.2) is 45.2 Å². The highest BCUT2D eigenvalue weighted by Crippen LogP contribution is 2.30. The second-order valence-corrected chi connectivity index (χ2v) is 8.84. The summed E-state index contributed by atoms with van der Waals surface area (Å²) in [4.78, 5) is 14.5. The molecule has 0 radical (unpaired) electrons. The minimum atomic E-state index is -0.856. The van der Waals surface area contributed by atoms with Gasteiger partial charge in [0.15, 0.2) is 0 Å². The molecule has 5 heteroatoms. The molecule has 120 valence electrons. The largest absolute Gasteiger partial charge is 0.373 e. The van der Waals surface area contributed by atoms with Crippen molar-refractivity contribution in [3.05, 3.63) is 35.4 Å². The third-order valence-corrected chi connectivity index (χ3v) is 6.45. The SMILES string of the molecule is CC1(C)CN(C(=O)C[C@@H]2OCCc3ccccc32)CC[S@]1=O. The normalized spacial score (nSPS) is 27.3. The molecule has 2 atom stereocenters. The van der Waals surface area contributed by atoms with Crippen molar-refractivity contribution in [2.45, 2.75) is 37.5 Å². The quantitative estimate of drug-likeness (QED) is 0.838. The number of nitrogens with zero attached hydrogens (tertiary/aromatic N) is 1. The minimum absolute atomic E-state index is 0.103. The number of hydrogen-bond acceptors (Lipinski definition) is 3. The summed E-state index contributed by atoms with van der Waals surface area (Å²) in [6, 6.07) is 8.20. The first-order valence-corrected chi connectivity index (χ1v) is 9.15. The maximum atomic E-state index is 12.6. The Kier molecular flexibility index (Phi) is 4.37. The zero-order chi connectivity index (χ0) is 15.7. The number of carbonyl (C=O) groups excluding carboxylic acids is 1. The van der Waals surface area contributed by atoms with E-state index in [1.54, 1.807) is 0 Å². The van der Waals surface area contributed by atoms with Crippen molar-refractivity contribution in [2.75, 3.05) is 25.4 Å². The lowest BCUT2D eigenvalue weighted by atomic mass is 9.95. The van der Waals surface area contributed by atoms with Crippen LogP contribution in [0.1, 0.15) is 37.5 Å². The van der Waals surface area contributed by atoms with Crippen LogP contribution in [0.3, 0.4) is 0 Å². The average Bonchev–Trinajstić information content (AvgIpc) is 2.50. The monoisotopic (exact) mass is 321 g/mol. The van der Waals surface area contributed by atoms with Crippen LogP contribution in [-0.2, 0) is 26.8 Å². The highest BCUT2D eigenvalue weighted by Gasteiger charge is 2.36. The van der Waals surface area contributed by atoms with Crippen molar-refractivity contribution in [1.29, 1.82) is 0 Å². The van der Waals surface area contributed by atoms with Crippen LogP contribution in [0.2, 0.25) is 0 Å². The second-order valence-electron chi connectivity index (χ2n) is 6.64. The van der Waals surface area contributed by atoms with Gasteiger partial charge in [-0.3, -0.25) is 9.00 Å². The average molecular weight is 321 g/mol. The standard InChI is InChI=1S/C17H23NO3S/c1-17(2)12-18(8-10-22(17)20)16(19)11-15-14-6-4-3-5-13(14)7-9-21-15/h3-6,15H,7-12H2,1-2H3/t15-,22+/m0/s1. The molecule has 0 bridgehead atoms. The molecule has 0 spiro atoms. The van der Waals surface area contributed by atoms with Crippen LogP contribution >= 0.6 is 0 Å². The minimum Gasteiger partial charge on any atom is -0.373 e. The van der Waals surface area contributed by atoms with Gasteiger partial charge in [0.2, 0.25) is 5.91 Å². The summed E-state index contributed by atoms with van der Waals surface area (Å²) >= 11 is 0. The first kappa shape index (κ1) is 15.7. The van der Waals surface area contributed by atoms with Crippen molar-refractivity contribution in [1.82, 2.24) is 4.90 Å². The summed E-state index contributed by atoms with van der Waals surface area (Å²) in [5.41, 5.74) is 2.42. The van der Waals surface area contributed by atoms with Gasteiger partial charge in [0.05, 0.1) is 23.9 Å². The summed E-state index contributed by atoms with van der Waals surface area (Å²) < 4.78 is 17.5. The van der Waals surface area contributed by atoms with Gasteiger partial charge in [-0.2, -0.15) is 0 Å². The van der Waals surface area contributed by atoms with Gasteiger partial charge in [0.25, 0.3) is 0 Å². The predicted octanol–water partition coefficient (Wildman–Crippen LogP) is 2.06. The molecule has 1 fully saturated rings. The van der Waals surface area contributed by atoms with E-state index in [-0.39, 0.29) is 16.8 Å². The number of rotatable bonds is 2. The van der Waals surface area contributed by atoms with Crippen LogP contribution in [0.25, 0.3) is 0 Å². The lowest BCUT2D eigenvalue weighted by molar-refractivity contribution is -0.135. The van der Waals surface area contributed by atoms with E-state index in [1.165, 1.54) is 5.56 Å². The predicted molar refractivity (Wildman–Crippen MR) is 87.1 cm³/mol. The molecule has 1 aromatic rings. The Bertz CT molecular complexity index is 599. The molecule has 2 aliphatic heterocycles. The van der Waals surface area contributed by atoms with E-state index in [0.29, 0.717) is 31.9 Å². The van der Waals surface area contributed by atoms with Gasteiger partial charge in [-0.1, -0.05) is 24.3 Å². The van der Waals surface area contributed by atoms with Crippen LogP contribution < -0.4 is 0 Å². The highest BCUT2D eigenvalue weighted by atomic mass is 32.2. The van der Waals surface area contributed by atoms with Crippen LogP contribution in [0, 0.1) is 0 Å². The van der Waals surface area contributed by atoms with Crippen molar-refractivity contribution in [2.24, 2.45) is 0 Å². The summed E-state index contributed by atoms with van der Waals surface area (Å²) in [5, 5.41) is 0. The molecule has 0 saturated carbocycles. The Morgan fingerprint density at radius 2 is 2.18 bits per heavy atom. The molecule has 4 nitrogen and oxygen atoms in total. The third-order valence-electron chi connectivity index (χ3n) is 4.54. The number of fused-ring (bicyclic) bond motifs is 1. The topological polar surface area (TPSA) is 46.6 Å². The van der Waals surface area contributed by atoms with Gasteiger partial charge >= 0.3 is 0 Å². The number of ether oxygens (including phenoxy) is 1. The Morgan fingerprint density at radius 3 is 2.95 bits per heavy atom. The van der Waals surface area contributed by atoms with Crippen LogP contribution in [0.15, 0.2) is 24.3 Å². The Balaban J connectivity index is 1.69. The zero-order valence-electron chi connectivity index (χ0n) is 13.2. The Hall–Kier alpha value is -1.20. The van der Waals surface area contributed by atoms with Gasteiger partial charge < -0.3 is 9.64 Å². The molecular formula is C17H23NO3S. The molecule has 1 saturated heterocycles. The number of benzene rings is 1. The molecule has 0 aliphatic carbocycles. The molecule has 2 aliphatic rings. The summed E-state index contributed by atoms with van der Waals surface area (Å²) in [5.74, 6) is 0.674. The van der Waals surface area contributed by atoms with E-state index in [9.17, 15) is 9.00 Å². The van der Waals surface area contributed by atoms with E-state index in [2.05, 4.69) is 12.1 Å². The molecule has 2 heterocycles. The van der Waals surface area contributed by atoms with E-state index in [4.69, 9.17) is 4.74 Å². The fourth-order valence-electron chi connectivity index (χ4n) is 3.23. The molecule has 1 aromatic carbocycles. The lowest BCUT2D eigenvalue weighted by Crippen LogP contribution is -2.52. The Labute approximate surface area is 134 Å². The number of carbonyl (C=O) groups is 1. The van der Waals surface area contributed by atoms with E-state index in [1.807, 2.05) is 30.9 Å². The summed E-state index contributed by atoms with van der Waals surface area (Å²) in [6.07, 6.45) is 1.14. The van der Waals surface area contributed by atoms with E-state index >= 15 is 0 Å². The van der Waals surface area contributed by atoms with Gasteiger partial charge in [-0.25, -0.2) is 0 Å². The fourth-order valence-corrected chi connectivity index (χ4v) is 4.47. The third kappa shape index (κ3) is 3.10. The first-order chi connectivity index (χ1) is 10.5. The highest BCUT2D eigenvalue weighted by molar-refractivity contribution is 7.86. The molecular weight excluding hydrogens is 298 g/mol. The number of amides is 1. The van der Waals surface area contributed by atoms with Crippen LogP contribution in [0.4, 0.5) is 0 Å².